The fraction of sp³-hybridized carbons (Fsp3) is 0.529. The van der Waals surface area contributed by atoms with Crippen molar-refractivity contribution in [2.75, 3.05) is 6.61 Å². The van der Waals surface area contributed by atoms with Gasteiger partial charge in [-0.05, 0) is 0 Å². The lowest BCUT2D eigenvalue weighted by molar-refractivity contribution is -0.166. The Hall–Kier alpha value is -3.28. The van der Waals surface area contributed by atoms with Crippen LogP contribution >= 0.6 is 0 Å². The molecule has 0 spiro atoms. The summed E-state index contributed by atoms with van der Waals surface area (Å²) in [6.45, 7) is 3.38. The van der Waals surface area contributed by atoms with Crippen molar-refractivity contribution in [1.29, 1.82) is 0 Å². The lowest BCUT2D eigenvalue weighted by Crippen LogP contribution is -2.40. The first kappa shape index (κ1) is 20.5. The number of ether oxygens (including phenoxy) is 4. The minimum atomic E-state index is -1.08. The summed E-state index contributed by atoms with van der Waals surface area (Å²) in [6, 6.07) is 0. The zero-order valence-electron chi connectivity index (χ0n) is 16.2. The van der Waals surface area contributed by atoms with Gasteiger partial charge >= 0.3 is 17.9 Å². The number of aromatic nitrogens is 4. The highest BCUT2D eigenvalue weighted by Gasteiger charge is 2.51. The monoisotopic (exact) mass is 408 g/mol. The molecule has 0 bridgehead atoms. The van der Waals surface area contributed by atoms with Gasteiger partial charge in [0.25, 0.3) is 5.56 Å². The predicted octanol–water partition coefficient (Wildman–Crippen LogP) is -0.546. The third-order valence-corrected chi connectivity index (χ3v) is 4.26. The summed E-state index contributed by atoms with van der Waals surface area (Å²) in [5, 5.41) is 0. The fourth-order valence-electron chi connectivity index (χ4n) is 3.10. The number of esters is 3. The Morgan fingerprint density at radius 3 is 2.31 bits per heavy atom. The van der Waals surface area contributed by atoms with Gasteiger partial charge in [-0.1, -0.05) is 0 Å². The molecule has 1 saturated heterocycles. The van der Waals surface area contributed by atoms with Crippen LogP contribution < -0.4 is 5.56 Å². The first-order chi connectivity index (χ1) is 13.7. The summed E-state index contributed by atoms with van der Waals surface area (Å²) in [4.78, 5) is 55.0. The molecule has 0 unspecified atom stereocenters. The van der Waals surface area contributed by atoms with Crippen molar-refractivity contribution in [2.24, 2.45) is 7.05 Å². The Morgan fingerprint density at radius 2 is 1.69 bits per heavy atom. The summed E-state index contributed by atoms with van der Waals surface area (Å²) in [7, 11) is 1.54. The highest BCUT2D eigenvalue weighted by molar-refractivity contribution is 5.70. The second-order valence-corrected chi connectivity index (χ2v) is 6.50. The highest BCUT2D eigenvalue weighted by atomic mass is 16.7. The topological polar surface area (TPSA) is 141 Å². The number of nitrogens with zero attached hydrogens (tertiary/aromatic N) is 4. The standard InChI is InChI=1S/C17H20N4O8/c1-8(22)26-5-11-13(27-9(2)23)14(28-10(3)24)17(29-11)21-7-18-12-15(21)19-6-20(4)16(12)25/h6-7,11,13-14,17H,5H2,1-4H3/t11-,13-,14-,17-/m1/s1. The summed E-state index contributed by atoms with van der Waals surface area (Å²) in [6.07, 6.45) is -1.43. The zero-order valence-corrected chi connectivity index (χ0v) is 16.2. The van der Waals surface area contributed by atoms with Gasteiger partial charge in [-0.15, -0.1) is 0 Å². The first-order valence-corrected chi connectivity index (χ1v) is 8.70. The second-order valence-electron chi connectivity index (χ2n) is 6.50. The molecule has 2 aromatic heterocycles. The number of carbonyl (C=O) groups excluding carboxylic acids is 3. The van der Waals surface area contributed by atoms with E-state index in [0.717, 1.165) is 0 Å². The molecule has 0 aromatic carbocycles. The maximum atomic E-state index is 12.3. The molecule has 1 aliphatic rings. The molecule has 156 valence electrons. The van der Waals surface area contributed by atoms with Crippen LogP contribution in [-0.4, -0.2) is 61.9 Å². The molecule has 29 heavy (non-hydrogen) atoms. The Labute approximate surface area is 164 Å². The van der Waals surface area contributed by atoms with E-state index in [9.17, 15) is 19.2 Å². The number of fused-ring (bicyclic) bond motifs is 1. The lowest BCUT2D eigenvalue weighted by Gasteiger charge is -2.23. The normalized spacial score (nSPS) is 23.7. The average molecular weight is 408 g/mol. The molecule has 12 nitrogen and oxygen atoms in total. The molecule has 0 N–H and O–H groups in total. The largest absolute Gasteiger partial charge is 0.463 e. The number of imidazole rings is 1. The van der Waals surface area contributed by atoms with Gasteiger partial charge in [-0.3, -0.25) is 23.7 Å². The molecule has 0 radical (unpaired) electrons. The van der Waals surface area contributed by atoms with Crippen molar-refractivity contribution in [2.45, 2.75) is 45.3 Å². The van der Waals surface area contributed by atoms with Gasteiger partial charge in [0, 0.05) is 27.8 Å². The van der Waals surface area contributed by atoms with Gasteiger partial charge < -0.3 is 23.5 Å². The molecule has 0 aliphatic carbocycles. The van der Waals surface area contributed by atoms with Crippen LogP contribution in [0.4, 0.5) is 0 Å². The van der Waals surface area contributed by atoms with Crippen LogP contribution in [-0.2, 0) is 40.4 Å². The summed E-state index contributed by atoms with van der Waals surface area (Å²) >= 11 is 0. The maximum Gasteiger partial charge on any atom is 0.303 e. The highest BCUT2D eigenvalue weighted by Crippen LogP contribution is 2.35. The van der Waals surface area contributed by atoms with Crippen LogP contribution in [0.3, 0.4) is 0 Å². The van der Waals surface area contributed by atoms with Crippen molar-refractivity contribution >= 4 is 29.1 Å². The Morgan fingerprint density at radius 1 is 1.03 bits per heavy atom. The molecule has 12 heteroatoms. The minimum Gasteiger partial charge on any atom is -0.463 e. The first-order valence-electron chi connectivity index (χ1n) is 8.70. The minimum absolute atomic E-state index is 0.0904. The van der Waals surface area contributed by atoms with Gasteiger partial charge in [0.1, 0.15) is 12.7 Å². The van der Waals surface area contributed by atoms with Crippen molar-refractivity contribution in [1.82, 2.24) is 19.1 Å². The number of hydrogen-bond acceptors (Lipinski definition) is 10. The van der Waals surface area contributed by atoms with Crippen LogP contribution in [0.15, 0.2) is 17.4 Å². The van der Waals surface area contributed by atoms with Crippen molar-refractivity contribution < 1.29 is 33.3 Å². The van der Waals surface area contributed by atoms with E-state index in [0.29, 0.717) is 0 Å². The summed E-state index contributed by atoms with van der Waals surface area (Å²) in [5.41, 5.74) is -0.0820. The third-order valence-electron chi connectivity index (χ3n) is 4.26. The molecular formula is C17H20N4O8. The lowest BCUT2D eigenvalue weighted by atomic mass is 10.1. The van der Waals surface area contributed by atoms with Crippen molar-refractivity contribution in [3.63, 3.8) is 0 Å². The van der Waals surface area contributed by atoms with Crippen molar-refractivity contribution in [3.8, 4) is 0 Å². The quantitative estimate of drug-likeness (QED) is 0.467. The SMILES string of the molecule is CC(=O)OC[C@H]1O[C@@H](n2cnc3c(=O)n(C)cnc32)[C@H](OC(C)=O)[C@@H]1OC(C)=O. The van der Waals surface area contributed by atoms with Crippen LogP contribution in [0.5, 0.6) is 0 Å². The van der Waals surface area contributed by atoms with E-state index in [1.807, 2.05) is 0 Å². The van der Waals surface area contributed by atoms with E-state index in [1.165, 1.54) is 49.6 Å². The van der Waals surface area contributed by atoms with E-state index < -0.39 is 42.4 Å². The van der Waals surface area contributed by atoms with E-state index in [-0.39, 0.29) is 23.3 Å². The van der Waals surface area contributed by atoms with Crippen LogP contribution in [0.2, 0.25) is 0 Å². The van der Waals surface area contributed by atoms with Gasteiger partial charge in [0.15, 0.2) is 29.6 Å². The smallest absolute Gasteiger partial charge is 0.303 e. The molecule has 1 aliphatic heterocycles. The second kappa shape index (κ2) is 7.99. The van der Waals surface area contributed by atoms with Gasteiger partial charge in [-0.2, -0.15) is 0 Å². The van der Waals surface area contributed by atoms with Gasteiger partial charge in [0.2, 0.25) is 0 Å². The van der Waals surface area contributed by atoms with E-state index in [2.05, 4.69) is 9.97 Å². The molecule has 2 aromatic rings. The molecule has 4 atom stereocenters. The Bertz CT molecular complexity index is 1010. The number of carbonyl (C=O) groups is 3. The molecule has 3 heterocycles. The molecule has 1 fully saturated rings. The number of rotatable bonds is 5. The van der Waals surface area contributed by atoms with E-state index in [1.54, 1.807) is 0 Å². The van der Waals surface area contributed by atoms with Gasteiger partial charge in [0.05, 0.1) is 12.7 Å². The third kappa shape index (κ3) is 4.11. The zero-order chi connectivity index (χ0) is 21.3. The number of aryl methyl sites for hydroxylation is 1. The summed E-state index contributed by atoms with van der Waals surface area (Å²) in [5.74, 6) is -1.82. The molecule has 0 amide bonds. The number of hydrogen-bond donors (Lipinski definition) is 0. The van der Waals surface area contributed by atoms with E-state index in [4.69, 9.17) is 18.9 Å². The Balaban J connectivity index is 2.04. The van der Waals surface area contributed by atoms with Crippen molar-refractivity contribution in [3.05, 3.63) is 23.0 Å². The maximum absolute atomic E-state index is 12.3. The predicted molar refractivity (Wildman–Crippen MR) is 94.4 cm³/mol. The van der Waals surface area contributed by atoms with Crippen LogP contribution in [0.1, 0.15) is 27.0 Å². The van der Waals surface area contributed by atoms with E-state index >= 15 is 0 Å². The molecule has 3 rings (SSSR count). The van der Waals surface area contributed by atoms with Crippen LogP contribution in [0.25, 0.3) is 11.2 Å². The fourth-order valence-corrected chi connectivity index (χ4v) is 3.10. The Kier molecular flexibility index (Phi) is 5.64. The molecule has 0 saturated carbocycles. The summed E-state index contributed by atoms with van der Waals surface area (Å²) < 4.78 is 24.2. The average Bonchev–Trinajstić information content (AvgIpc) is 3.18. The van der Waals surface area contributed by atoms with Crippen LogP contribution in [0, 0.1) is 0 Å². The van der Waals surface area contributed by atoms with Gasteiger partial charge in [-0.25, -0.2) is 9.97 Å². The molecular weight excluding hydrogens is 388 g/mol.